The van der Waals surface area contributed by atoms with Gasteiger partial charge in [0.2, 0.25) is 5.91 Å². The number of nitrogens with zero attached hydrogens (tertiary/aromatic N) is 3. The summed E-state index contributed by atoms with van der Waals surface area (Å²) >= 11 is 0. The van der Waals surface area contributed by atoms with Crippen LogP contribution in [0.25, 0.3) is 16.9 Å². The van der Waals surface area contributed by atoms with Gasteiger partial charge in [0.1, 0.15) is 11.5 Å². The lowest BCUT2D eigenvalue weighted by atomic mass is 9.92. The minimum Gasteiger partial charge on any atom is -0.370 e. The fourth-order valence-corrected chi connectivity index (χ4v) is 4.26. The summed E-state index contributed by atoms with van der Waals surface area (Å²) < 4.78 is 15.0. The molecule has 0 radical (unpaired) electrons. The van der Waals surface area contributed by atoms with Gasteiger partial charge in [0, 0.05) is 31.3 Å². The van der Waals surface area contributed by atoms with Crippen LogP contribution in [0.15, 0.2) is 54.7 Å². The highest BCUT2D eigenvalue weighted by molar-refractivity contribution is 6.00. The Morgan fingerprint density at radius 3 is 2.69 bits per heavy atom. The average molecular weight is 435 g/mol. The lowest BCUT2D eigenvalue weighted by Gasteiger charge is -2.32. The molecule has 166 valence electrons. The van der Waals surface area contributed by atoms with Gasteiger partial charge < -0.3 is 10.6 Å². The van der Waals surface area contributed by atoms with Crippen LogP contribution in [0.2, 0.25) is 0 Å². The van der Waals surface area contributed by atoms with Gasteiger partial charge in [-0.1, -0.05) is 23.8 Å². The summed E-state index contributed by atoms with van der Waals surface area (Å²) in [6.45, 7) is 3.26. The van der Waals surface area contributed by atoms with Crippen molar-refractivity contribution in [2.45, 2.75) is 32.6 Å². The number of piperidine rings is 1. The van der Waals surface area contributed by atoms with Crippen LogP contribution in [0, 0.1) is 18.7 Å². The number of carbonyl (C=O) groups excluding carboxylic acids is 2. The first-order valence-corrected chi connectivity index (χ1v) is 10.9. The molecule has 2 N–H and O–H groups in total. The van der Waals surface area contributed by atoms with E-state index in [2.05, 4.69) is 0 Å². The molecule has 1 aromatic heterocycles. The highest BCUT2D eigenvalue weighted by Gasteiger charge is 2.28. The van der Waals surface area contributed by atoms with Gasteiger partial charge in [-0.3, -0.25) is 9.59 Å². The molecule has 2 aromatic carbocycles. The number of aromatic nitrogens is 2. The van der Waals surface area contributed by atoms with E-state index in [0.717, 1.165) is 24.0 Å². The zero-order valence-corrected chi connectivity index (χ0v) is 18.1. The lowest BCUT2D eigenvalue weighted by Crippen LogP contribution is -2.40. The fraction of sp³-hybridized carbons (Fsp3) is 0.320. The Morgan fingerprint density at radius 1 is 1.19 bits per heavy atom. The highest BCUT2D eigenvalue weighted by atomic mass is 19.1. The van der Waals surface area contributed by atoms with Gasteiger partial charge in [0.15, 0.2) is 0 Å². The van der Waals surface area contributed by atoms with E-state index in [4.69, 9.17) is 10.8 Å². The molecule has 2 heterocycles. The maximum atomic E-state index is 13.6. The topological polar surface area (TPSA) is 81.2 Å². The number of likely N-dealkylation sites (tertiary alicyclic amines) is 1. The Labute approximate surface area is 186 Å². The Morgan fingerprint density at radius 2 is 1.97 bits per heavy atom. The minimum absolute atomic E-state index is 0.0846. The zero-order valence-electron chi connectivity index (χ0n) is 18.1. The van der Waals surface area contributed by atoms with Crippen molar-refractivity contribution >= 4 is 11.8 Å². The molecule has 3 aromatic rings. The summed E-state index contributed by atoms with van der Waals surface area (Å²) in [5.74, 6) is -0.462. The third-order valence-electron chi connectivity index (χ3n) is 5.93. The molecule has 4 rings (SSSR count). The monoisotopic (exact) mass is 434 g/mol. The van der Waals surface area contributed by atoms with E-state index in [9.17, 15) is 14.0 Å². The van der Waals surface area contributed by atoms with Crippen LogP contribution in [-0.4, -0.2) is 39.6 Å². The lowest BCUT2D eigenvalue weighted by molar-refractivity contribution is -0.118. The predicted molar refractivity (Wildman–Crippen MR) is 121 cm³/mol. The van der Waals surface area contributed by atoms with Gasteiger partial charge >= 0.3 is 0 Å². The van der Waals surface area contributed by atoms with E-state index in [-0.39, 0.29) is 23.5 Å². The SMILES string of the molecule is Cc1cccc(-c2nn(-c3ccc(F)cc3)cc2C(=O)N2CCCC(CCC(N)=O)C2)c1. The van der Waals surface area contributed by atoms with Crippen molar-refractivity contribution < 1.29 is 14.0 Å². The number of nitrogens with two attached hydrogens (primary N) is 1. The molecule has 0 aliphatic carbocycles. The molecule has 1 saturated heterocycles. The number of rotatable bonds is 6. The zero-order chi connectivity index (χ0) is 22.7. The summed E-state index contributed by atoms with van der Waals surface area (Å²) in [4.78, 5) is 26.6. The van der Waals surface area contributed by atoms with Crippen LogP contribution in [-0.2, 0) is 4.79 Å². The first kappa shape index (κ1) is 21.7. The molecule has 0 saturated carbocycles. The first-order chi connectivity index (χ1) is 15.4. The van der Waals surface area contributed by atoms with Crippen LogP contribution in [0.4, 0.5) is 4.39 Å². The second-order valence-electron chi connectivity index (χ2n) is 8.45. The summed E-state index contributed by atoms with van der Waals surface area (Å²) in [6, 6.07) is 13.9. The number of primary amides is 1. The standard InChI is InChI=1S/C25H27FN4O2/c1-17-4-2-6-19(14-17)24-22(16-30(28-24)21-10-8-20(26)9-11-21)25(32)29-13-3-5-18(15-29)7-12-23(27)31/h2,4,6,8-11,14,16,18H,3,5,7,12-13,15H2,1H3,(H2,27,31). The number of benzene rings is 2. The van der Waals surface area contributed by atoms with Crippen LogP contribution < -0.4 is 5.73 Å². The van der Waals surface area contributed by atoms with E-state index in [1.165, 1.54) is 12.1 Å². The summed E-state index contributed by atoms with van der Waals surface area (Å²) in [5.41, 5.74) is 9.02. The molecule has 32 heavy (non-hydrogen) atoms. The molecular formula is C25H27FN4O2. The number of hydrogen-bond acceptors (Lipinski definition) is 3. The van der Waals surface area contributed by atoms with E-state index < -0.39 is 0 Å². The molecule has 1 atom stereocenters. The van der Waals surface area contributed by atoms with Gasteiger partial charge in [0.25, 0.3) is 5.91 Å². The largest absolute Gasteiger partial charge is 0.370 e. The smallest absolute Gasteiger partial charge is 0.257 e. The minimum atomic E-state index is -0.327. The van der Waals surface area contributed by atoms with Gasteiger partial charge in [-0.05, 0) is 62.4 Å². The molecule has 1 unspecified atom stereocenters. The van der Waals surface area contributed by atoms with Crippen molar-refractivity contribution in [2.24, 2.45) is 11.7 Å². The molecule has 1 fully saturated rings. The average Bonchev–Trinajstić information content (AvgIpc) is 3.23. The van der Waals surface area contributed by atoms with E-state index >= 15 is 0 Å². The van der Waals surface area contributed by atoms with E-state index in [1.54, 1.807) is 23.0 Å². The second-order valence-corrected chi connectivity index (χ2v) is 8.45. The molecule has 7 heteroatoms. The van der Waals surface area contributed by atoms with E-state index in [0.29, 0.717) is 42.9 Å². The normalized spacial score (nSPS) is 16.2. The van der Waals surface area contributed by atoms with Crippen molar-refractivity contribution in [1.82, 2.24) is 14.7 Å². The molecule has 0 spiro atoms. The van der Waals surface area contributed by atoms with Crippen molar-refractivity contribution in [3.05, 3.63) is 71.7 Å². The number of hydrogen-bond donors (Lipinski definition) is 1. The van der Waals surface area contributed by atoms with Crippen molar-refractivity contribution in [1.29, 1.82) is 0 Å². The Hall–Kier alpha value is -3.48. The van der Waals surface area contributed by atoms with Gasteiger partial charge in [-0.25, -0.2) is 9.07 Å². The highest BCUT2D eigenvalue weighted by Crippen LogP contribution is 2.28. The molecule has 1 aliphatic heterocycles. The molecule has 2 amide bonds. The number of amides is 2. The molecule has 6 nitrogen and oxygen atoms in total. The van der Waals surface area contributed by atoms with E-state index in [1.807, 2.05) is 36.1 Å². The van der Waals surface area contributed by atoms with Gasteiger partial charge in [-0.15, -0.1) is 0 Å². The Kier molecular flexibility index (Phi) is 6.35. The maximum absolute atomic E-state index is 13.6. The maximum Gasteiger partial charge on any atom is 0.257 e. The summed E-state index contributed by atoms with van der Waals surface area (Å²) in [6.07, 6.45) is 4.63. The first-order valence-electron chi connectivity index (χ1n) is 10.9. The van der Waals surface area contributed by atoms with Crippen LogP contribution in [0.3, 0.4) is 0 Å². The molecule has 0 bridgehead atoms. The van der Waals surface area contributed by atoms with Gasteiger partial charge in [-0.2, -0.15) is 5.10 Å². The number of halogens is 1. The molecular weight excluding hydrogens is 407 g/mol. The predicted octanol–water partition coefficient (Wildman–Crippen LogP) is 4.10. The Bertz CT molecular complexity index is 1120. The number of carbonyl (C=O) groups is 2. The third-order valence-corrected chi connectivity index (χ3v) is 5.93. The van der Waals surface area contributed by atoms with Crippen molar-refractivity contribution in [3.63, 3.8) is 0 Å². The van der Waals surface area contributed by atoms with Crippen molar-refractivity contribution in [3.8, 4) is 16.9 Å². The molecule has 1 aliphatic rings. The van der Waals surface area contributed by atoms with Crippen LogP contribution in [0.5, 0.6) is 0 Å². The van der Waals surface area contributed by atoms with Crippen molar-refractivity contribution in [2.75, 3.05) is 13.1 Å². The van der Waals surface area contributed by atoms with Crippen LogP contribution >= 0.6 is 0 Å². The summed E-state index contributed by atoms with van der Waals surface area (Å²) in [5, 5.41) is 4.70. The Balaban J connectivity index is 1.67. The summed E-state index contributed by atoms with van der Waals surface area (Å²) in [7, 11) is 0. The second kappa shape index (κ2) is 9.34. The fourth-order valence-electron chi connectivity index (χ4n) is 4.26. The number of aryl methyl sites for hydroxylation is 1. The van der Waals surface area contributed by atoms with Crippen LogP contribution in [0.1, 0.15) is 41.6 Å². The van der Waals surface area contributed by atoms with Gasteiger partial charge in [0.05, 0.1) is 11.3 Å². The third kappa shape index (κ3) is 4.88. The quantitative estimate of drug-likeness (QED) is 0.634.